The van der Waals surface area contributed by atoms with Gasteiger partial charge in [0, 0.05) is 23.7 Å². The van der Waals surface area contributed by atoms with E-state index in [1.807, 2.05) is 42.5 Å². The summed E-state index contributed by atoms with van der Waals surface area (Å²) in [6, 6.07) is 17.5. The molecule has 0 saturated carbocycles. The van der Waals surface area contributed by atoms with Crippen LogP contribution in [0.2, 0.25) is 0 Å². The summed E-state index contributed by atoms with van der Waals surface area (Å²) in [7, 11) is 3.21. The van der Waals surface area contributed by atoms with Gasteiger partial charge in [0.05, 0.1) is 25.8 Å². The highest BCUT2D eigenvalue weighted by Gasteiger charge is 2.10. The Balaban J connectivity index is 2.16. The number of methoxy groups -OCH3 is 2. The van der Waals surface area contributed by atoms with Crippen molar-refractivity contribution in [3.8, 4) is 17.6 Å². The van der Waals surface area contributed by atoms with Crippen molar-refractivity contribution in [2.75, 3.05) is 14.2 Å². The van der Waals surface area contributed by atoms with E-state index in [-0.39, 0.29) is 0 Å². The predicted molar refractivity (Wildman–Crippen MR) is 94.0 cm³/mol. The van der Waals surface area contributed by atoms with Crippen molar-refractivity contribution in [2.45, 2.75) is 0 Å². The molecule has 0 N–H and O–H groups in total. The molecule has 0 saturated heterocycles. The second-order valence-corrected chi connectivity index (χ2v) is 5.20. The lowest BCUT2D eigenvalue weighted by molar-refractivity contribution is 0.394. The lowest BCUT2D eigenvalue weighted by Crippen LogP contribution is -1.93. The van der Waals surface area contributed by atoms with Gasteiger partial charge in [-0.3, -0.25) is 4.98 Å². The van der Waals surface area contributed by atoms with Gasteiger partial charge in [0.15, 0.2) is 0 Å². The fourth-order valence-corrected chi connectivity index (χ4v) is 2.60. The van der Waals surface area contributed by atoms with E-state index < -0.39 is 0 Å². The second-order valence-electron chi connectivity index (χ2n) is 5.20. The van der Waals surface area contributed by atoms with E-state index in [0.29, 0.717) is 11.5 Å². The summed E-state index contributed by atoms with van der Waals surface area (Å²) in [5.74, 6) is 1.35. The monoisotopic (exact) mass is 316 g/mol. The third-order valence-electron chi connectivity index (χ3n) is 3.79. The van der Waals surface area contributed by atoms with Gasteiger partial charge in [-0.05, 0) is 47.0 Å². The molecule has 24 heavy (non-hydrogen) atoms. The molecule has 0 aliphatic carbocycles. The molecule has 0 aliphatic heterocycles. The number of rotatable bonds is 4. The quantitative estimate of drug-likeness (QED) is 0.677. The maximum atomic E-state index is 9.22. The zero-order chi connectivity index (χ0) is 16.9. The Bertz CT molecular complexity index is 933. The summed E-state index contributed by atoms with van der Waals surface area (Å²) in [5.41, 5.74) is 3.52. The van der Waals surface area contributed by atoms with Crippen LogP contribution in [0.5, 0.6) is 11.5 Å². The largest absolute Gasteiger partial charge is 0.497 e. The molecule has 0 atom stereocenters. The first-order valence-corrected chi connectivity index (χ1v) is 7.43. The van der Waals surface area contributed by atoms with Crippen molar-refractivity contribution in [2.24, 2.45) is 0 Å². The van der Waals surface area contributed by atoms with Gasteiger partial charge in [-0.15, -0.1) is 0 Å². The summed E-state index contributed by atoms with van der Waals surface area (Å²) in [4.78, 5) is 4.33. The number of nitriles is 1. The molecule has 0 aliphatic rings. The maximum Gasteiger partial charge on any atom is 0.123 e. The van der Waals surface area contributed by atoms with Gasteiger partial charge < -0.3 is 9.47 Å². The van der Waals surface area contributed by atoms with Crippen LogP contribution in [0, 0.1) is 11.3 Å². The average molecular weight is 316 g/mol. The van der Waals surface area contributed by atoms with Crippen LogP contribution >= 0.6 is 0 Å². The Morgan fingerprint density at radius 1 is 1.00 bits per heavy atom. The molecule has 0 fully saturated rings. The SMILES string of the molecule is COc1cc(OC)cc(C(=CC#N)c2ccc3ncccc3c2)c1. The first-order chi connectivity index (χ1) is 11.7. The van der Waals surface area contributed by atoms with Crippen LogP contribution in [-0.4, -0.2) is 19.2 Å². The number of hydrogen-bond acceptors (Lipinski definition) is 4. The molecule has 118 valence electrons. The van der Waals surface area contributed by atoms with E-state index >= 15 is 0 Å². The Kier molecular flexibility index (Phi) is 4.44. The number of benzene rings is 2. The summed E-state index contributed by atoms with van der Waals surface area (Å²) in [5, 5.41) is 10.2. The van der Waals surface area contributed by atoms with E-state index in [1.165, 1.54) is 6.08 Å². The number of allylic oxidation sites excluding steroid dienone is 1. The maximum absolute atomic E-state index is 9.22. The first-order valence-electron chi connectivity index (χ1n) is 7.43. The molecule has 0 bridgehead atoms. The smallest absolute Gasteiger partial charge is 0.123 e. The van der Waals surface area contributed by atoms with Crippen molar-refractivity contribution in [3.63, 3.8) is 0 Å². The summed E-state index contributed by atoms with van der Waals surface area (Å²) >= 11 is 0. The van der Waals surface area contributed by atoms with Gasteiger partial charge in [0.25, 0.3) is 0 Å². The Hall–Kier alpha value is -3.32. The van der Waals surface area contributed by atoms with E-state index in [1.54, 1.807) is 26.5 Å². The van der Waals surface area contributed by atoms with Crippen molar-refractivity contribution < 1.29 is 9.47 Å². The van der Waals surface area contributed by atoms with E-state index in [2.05, 4.69) is 11.1 Å². The first kappa shape index (κ1) is 15.6. The minimum Gasteiger partial charge on any atom is -0.497 e. The fourth-order valence-electron chi connectivity index (χ4n) is 2.60. The number of fused-ring (bicyclic) bond motifs is 1. The number of pyridine rings is 1. The second kappa shape index (κ2) is 6.84. The van der Waals surface area contributed by atoms with Gasteiger partial charge >= 0.3 is 0 Å². The number of aromatic nitrogens is 1. The van der Waals surface area contributed by atoms with E-state index in [4.69, 9.17) is 9.47 Å². The number of ether oxygens (including phenoxy) is 2. The molecule has 0 amide bonds. The molecule has 0 unspecified atom stereocenters. The summed E-state index contributed by atoms with van der Waals surface area (Å²) in [6.45, 7) is 0. The minimum absolute atomic E-state index is 0.677. The molecule has 3 aromatic rings. The Morgan fingerprint density at radius 3 is 2.42 bits per heavy atom. The van der Waals surface area contributed by atoms with Crippen LogP contribution in [0.4, 0.5) is 0 Å². The highest BCUT2D eigenvalue weighted by Crippen LogP contribution is 2.31. The summed E-state index contributed by atoms with van der Waals surface area (Å²) in [6.07, 6.45) is 3.30. The molecule has 0 spiro atoms. The van der Waals surface area contributed by atoms with Crippen molar-refractivity contribution in [3.05, 3.63) is 71.9 Å². The van der Waals surface area contributed by atoms with Crippen LogP contribution < -0.4 is 9.47 Å². The number of nitrogens with zero attached hydrogens (tertiary/aromatic N) is 2. The standard InChI is InChI=1S/C20H16N2O2/c1-23-17-11-16(12-18(13-17)24-2)19(7-8-21)14-5-6-20-15(10-14)4-3-9-22-20/h3-7,9-13H,1-2H3. The van der Waals surface area contributed by atoms with Crippen molar-refractivity contribution >= 4 is 16.5 Å². The lowest BCUT2D eigenvalue weighted by Gasteiger charge is -2.12. The van der Waals surface area contributed by atoms with Crippen LogP contribution in [0.3, 0.4) is 0 Å². The molecule has 0 radical (unpaired) electrons. The van der Waals surface area contributed by atoms with Gasteiger partial charge in [-0.2, -0.15) is 5.26 Å². The van der Waals surface area contributed by atoms with Gasteiger partial charge in [-0.25, -0.2) is 0 Å². The third-order valence-corrected chi connectivity index (χ3v) is 3.79. The average Bonchev–Trinajstić information content (AvgIpc) is 2.65. The zero-order valence-electron chi connectivity index (χ0n) is 13.5. The van der Waals surface area contributed by atoms with Crippen molar-refractivity contribution in [1.29, 1.82) is 5.26 Å². The lowest BCUT2D eigenvalue weighted by atomic mass is 9.96. The zero-order valence-corrected chi connectivity index (χ0v) is 13.5. The van der Waals surface area contributed by atoms with Crippen LogP contribution in [0.1, 0.15) is 11.1 Å². The van der Waals surface area contributed by atoms with Crippen LogP contribution in [0.15, 0.2) is 60.8 Å². The highest BCUT2D eigenvalue weighted by atomic mass is 16.5. The molecule has 3 rings (SSSR count). The van der Waals surface area contributed by atoms with E-state index in [0.717, 1.165) is 27.6 Å². The third kappa shape index (κ3) is 3.06. The summed E-state index contributed by atoms with van der Waals surface area (Å²) < 4.78 is 10.7. The molecule has 2 aromatic carbocycles. The van der Waals surface area contributed by atoms with E-state index in [9.17, 15) is 5.26 Å². The number of hydrogen-bond donors (Lipinski definition) is 0. The molecule has 1 heterocycles. The topological polar surface area (TPSA) is 55.1 Å². The molecular weight excluding hydrogens is 300 g/mol. The molecule has 1 aromatic heterocycles. The molecule has 4 heteroatoms. The Morgan fingerprint density at radius 2 is 1.75 bits per heavy atom. The fraction of sp³-hybridized carbons (Fsp3) is 0.100. The van der Waals surface area contributed by atoms with Crippen LogP contribution in [-0.2, 0) is 0 Å². The van der Waals surface area contributed by atoms with Crippen molar-refractivity contribution in [1.82, 2.24) is 4.98 Å². The van der Waals surface area contributed by atoms with Crippen LogP contribution in [0.25, 0.3) is 16.5 Å². The minimum atomic E-state index is 0.677. The van der Waals surface area contributed by atoms with Gasteiger partial charge in [-0.1, -0.05) is 12.1 Å². The van der Waals surface area contributed by atoms with Gasteiger partial charge in [0.2, 0.25) is 0 Å². The molecular formula is C20H16N2O2. The van der Waals surface area contributed by atoms with Gasteiger partial charge in [0.1, 0.15) is 11.5 Å². The predicted octanol–water partition coefficient (Wildman–Crippen LogP) is 4.21. The highest BCUT2D eigenvalue weighted by molar-refractivity contribution is 5.88. The normalized spacial score (nSPS) is 11.1. The molecule has 4 nitrogen and oxygen atoms in total. The Labute approximate surface area is 140 Å².